The van der Waals surface area contributed by atoms with Gasteiger partial charge in [0, 0.05) is 12.7 Å². The maximum Gasteiger partial charge on any atom is 0.255 e. The summed E-state index contributed by atoms with van der Waals surface area (Å²) in [5, 5.41) is 2.82. The summed E-state index contributed by atoms with van der Waals surface area (Å²) in [5.41, 5.74) is 8.67. The van der Waals surface area contributed by atoms with Crippen LogP contribution in [0.1, 0.15) is 44.0 Å². The minimum absolute atomic E-state index is 0.191. The van der Waals surface area contributed by atoms with Gasteiger partial charge in [0.1, 0.15) is 5.82 Å². The molecule has 108 valence electrons. The second kappa shape index (κ2) is 8.15. The van der Waals surface area contributed by atoms with E-state index in [9.17, 15) is 4.79 Å². The van der Waals surface area contributed by atoms with E-state index in [0.717, 1.165) is 12.8 Å². The maximum absolute atomic E-state index is 11.9. The molecule has 0 atom stereocenters. The topological polar surface area (TPSA) is 68.0 Å². The lowest BCUT2D eigenvalue weighted by Gasteiger charge is -2.05. The van der Waals surface area contributed by atoms with Crippen LogP contribution in [0.25, 0.3) is 0 Å². The van der Waals surface area contributed by atoms with Gasteiger partial charge in [-0.1, -0.05) is 23.3 Å². The quantitative estimate of drug-likeness (QED) is 0.783. The van der Waals surface area contributed by atoms with Crippen LogP contribution in [0.3, 0.4) is 0 Å². The van der Waals surface area contributed by atoms with Gasteiger partial charge >= 0.3 is 0 Å². The number of nitrogens with two attached hydrogens (primary N) is 1. The van der Waals surface area contributed by atoms with Crippen molar-refractivity contribution in [3.05, 3.63) is 47.2 Å². The third-order valence-corrected chi connectivity index (χ3v) is 2.89. The van der Waals surface area contributed by atoms with Gasteiger partial charge < -0.3 is 11.1 Å². The Labute approximate surface area is 120 Å². The molecule has 1 aromatic rings. The van der Waals surface area contributed by atoms with Crippen molar-refractivity contribution in [2.75, 3.05) is 12.3 Å². The van der Waals surface area contributed by atoms with E-state index < -0.39 is 0 Å². The van der Waals surface area contributed by atoms with Crippen LogP contribution in [0, 0.1) is 0 Å². The van der Waals surface area contributed by atoms with Gasteiger partial charge in [0.15, 0.2) is 0 Å². The zero-order valence-corrected chi connectivity index (χ0v) is 12.4. The highest BCUT2D eigenvalue weighted by molar-refractivity contribution is 5.98. The number of nitrogens with one attached hydrogen (secondary N) is 1. The molecule has 1 aromatic heterocycles. The Kier molecular flexibility index (Phi) is 6.50. The number of amides is 1. The normalized spacial score (nSPS) is 11.1. The molecular formula is C16H23N3O. The molecule has 1 rings (SSSR count). The number of carbonyl (C=O) groups excluding carboxylic acids is 1. The van der Waals surface area contributed by atoms with E-state index in [2.05, 4.69) is 37.1 Å². The van der Waals surface area contributed by atoms with E-state index in [-0.39, 0.29) is 11.7 Å². The smallest absolute Gasteiger partial charge is 0.255 e. The Morgan fingerprint density at radius 1 is 1.35 bits per heavy atom. The van der Waals surface area contributed by atoms with Crippen LogP contribution < -0.4 is 11.1 Å². The average Bonchev–Trinajstić information content (AvgIpc) is 2.38. The molecule has 0 aliphatic carbocycles. The number of aromatic nitrogens is 1. The molecule has 1 heterocycles. The van der Waals surface area contributed by atoms with Crippen LogP contribution in [0.4, 0.5) is 5.82 Å². The fourth-order valence-corrected chi connectivity index (χ4v) is 1.71. The zero-order chi connectivity index (χ0) is 15.0. The number of rotatable bonds is 6. The monoisotopic (exact) mass is 273 g/mol. The Morgan fingerprint density at radius 2 is 2.10 bits per heavy atom. The molecule has 0 bridgehead atoms. The fraction of sp³-hybridized carbons (Fsp3) is 0.375. The van der Waals surface area contributed by atoms with Crippen LogP contribution in [0.15, 0.2) is 41.6 Å². The van der Waals surface area contributed by atoms with Gasteiger partial charge in [0.2, 0.25) is 0 Å². The maximum atomic E-state index is 11.9. The van der Waals surface area contributed by atoms with Gasteiger partial charge in [-0.15, -0.1) is 0 Å². The van der Waals surface area contributed by atoms with E-state index in [1.807, 2.05) is 6.08 Å². The van der Waals surface area contributed by atoms with Gasteiger partial charge in [-0.25, -0.2) is 4.98 Å². The highest BCUT2D eigenvalue weighted by Gasteiger charge is 2.07. The van der Waals surface area contributed by atoms with Crippen molar-refractivity contribution in [3.8, 4) is 0 Å². The number of hydrogen-bond acceptors (Lipinski definition) is 3. The third kappa shape index (κ3) is 5.69. The Balaban J connectivity index is 2.42. The van der Waals surface area contributed by atoms with Gasteiger partial charge in [-0.05, 0) is 45.7 Å². The number of pyridine rings is 1. The van der Waals surface area contributed by atoms with Crippen molar-refractivity contribution < 1.29 is 4.79 Å². The molecule has 0 unspecified atom stereocenters. The average molecular weight is 273 g/mol. The predicted octanol–water partition coefficient (Wildman–Crippen LogP) is 3.09. The molecule has 0 aliphatic rings. The third-order valence-electron chi connectivity index (χ3n) is 2.89. The van der Waals surface area contributed by atoms with Crippen molar-refractivity contribution >= 4 is 11.7 Å². The minimum atomic E-state index is -0.191. The first-order chi connectivity index (χ1) is 9.50. The fourth-order valence-electron chi connectivity index (χ4n) is 1.71. The summed E-state index contributed by atoms with van der Waals surface area (Å²) in [6.07, 6.45) is 7.86. The predicted molar refractivity (Wildman–Crippen MR) is 83.4 cm³/mol. The number of hydrogen-bond donors (Lipinski definition) is 2. The van der Waals surface area contributed by atoms with Crippen LogP contribution in [-0.2, 0) is 0 Å². The van der Waals surface area contributed by atoms with Crippen LogP contribution >= 0.6 is 0 Å². The van der Waals surface area contributed by atoms with Crippen LogP contribution in [-0.4, -0.2) is 17.4 Å². The molecule has 0 fully saturated rings. The van der Waals surface area contributed by atoms with E-state index in [1.165, 1.54) is 11.1 Å². The highest BCUT2D eigenvalue weighted by atomic mass is 16.1. The number of nitrogen functional groups attached to an aromatic ring is 1. The Hall–Kier alpha value is -2.10. The second-order valence-corrected chi connectivity index (χ2v) is 5.02. The Morgan fingerprint density at radius 3 is 2.75 bits per heavy atom. The standard InChI is InChI=1S/C16H23N3O/c1-12(2)6-4-7-13(3)9-11-19-16(20)14-8-5-10-18-15(14)17/h5-6,8-10H,4,7,11H2,1-3H3,(H2,17,18)(H,19,20)/b13-9+. The van der Waals surface area contributed by atoms with E-state index in [0.29, 0.717) is 12.1 Å². The highest BCUT2D eigenvalue weighted by Crippen LogP contribution is 2.07. The van der Waals surface area contributed by atoms with Crippen LogP contribution in [0.2, 0.25) is 0 Å². The zero-order valence-electron chi connectivity index (χ0n) is 12.4. The molecule has 20 heavy (non-hydrogen) atoms. The van der Waals surface area contributed by atoms with Gasteiger partial charge in [0.05, 0.1) is 5.56 Å². The number of allylic oxidation sites excluding steroid dienone is 3. The first-order valence-corrected chi connectivity index (χ1v) is 6.78. The van der Waals surface area contributed by atoms with E-state index in [1.54, 1.807) is 18.3 Å². The molecule has 0 aromatic carbocycles. The lowest BCUT2D eigenvalue weighted by molar-refractivity contribution is 0.0958. The molecule has 0 saturated heterocycles. The van der Waals surface area contributed by atoms with Crippen molar-refractivity contribution in [3.63, 3.8) is 0 Å². The SMILES string of the molecule is CC(C)=CCC/C(C)=C/CNC(=O)c1cccnc1N. The molecular weight excluding hydrogens is 250 g/mol. The molecule has 0 radical (unpaired) electrons. The van der Waals surface area contributed by atoms with Crippen molar-refractivity contribution in [1.29, 1.82) is 0 Å². The van der Waals surface area contributed by atoms with E-state index in [4.69, 9.17) is 5.73 Å². The minimum Gasteiger partial charge on any atom is -0.383 e. The van der Waals surface area contributed by atoms with Gasteiger partial charge in [0.25, 0.3) is 5.91 Å². The lowest BCUT2D eigenvalue weighted by atomic mass is 10.1. The summed E-state index contributed by atoms with van der Waals surface area (Å²) < 4.78 is 0. The lowest BCUT2D eigenvalue weighted by Crippen LogP contribution is -2.24. The van der Waals surface area contributed by atoms with E-state index >= 15 is 0 Å². The van der Waals surface area contributed by atoms with Crippen molar-refractivity contribution in [1.82, 2.24) is 10.3 Å². The van der Waals surface area contributed by atoms with Crippen molar-refractivity contribution in [2.24, 2.45) is 0 Å². The first-order valence-electron chi connectivity index (χ1n) is 6.78. The molecule has 3 N–H and O–H groups in total. The summed E-state index contributed by atoms with van der Waals surface area (Å²) in [4.78, 5) is 15.8. The molecule has 4 nitrogen and oxygen atoms in total. The van der Waals surface area contributed by atoms with Crippen molar-refractivity contribution in [2.45, 2.75) is 33.6 Å². The summed E-state index contributed by atoms with van der Waals surface area (Å²) in [6.45, 7) is 6.77. The summed E-state index contributed by atoms with van der Waals surface area (Å²) in [7, 11) is 0. The summed E-state index contributed by atoms with van der Waals surface area (Å²) >= 11 is 0. The number of nitrogens with zero attached hydrogens (tertiary/aromatic N) is 1. The number of carbonyl (C=O) groups is 1. The first kappa shape index (κ1) is 16.0. The summed E-state index contributed by atoms with van der Waals surface area (Å²) in [6, 6.07) is 3.37. The Bertz CT molecular complexity index is 514. The largest absolute Gasteiger partial charge is 0.383 e. The summed E-state index contributed by atoms with van der Waals surface area (Å²) in [5.74, 6) is 0.0678. The molecule has 0 aliphatic heterocycles. The van der Waals surface area contributed by atoms with Crippen LogP contribution in [0.5, 0.6) is 0 Å². The number of anilines is 1. The molecule has 4 heteroatoms. The molecule has 0 spiro atoms. The molecule has 0 saturated carbocycles. The molecule has 1 amide bonds. The second-order valence-electron chi connectivity index (χ2n) is 5.02. The van der Waals surface area contributed by atoms with Gasteiger partial charge in [-0.2, -0.15) is 0 Å². The van der Waals surface area contributed by atoms with Gasteiger partial charge in [-0.3, -0.25) is 4.79 Å².